The molecule has 8 nitrogen and oxygen atoms in total. The maximum absolute atomic E-state index is 12.0. The minimum Gasteiger partial charge on any atom is -0.494 e. The molecule has 2 amide bonds. The van der Waals surface area contributed by atoms with Crippen LogP contribution in [-0.2, 0) is 19.4 Å². The number of rotatable bonds is 6. The molecule has 1 fully saturated rings. The molecule has 2 atom stereocenters. The van der Waals surface area contributed by atoms with Crippen LogP contribution in [0.1, 0.15) is 20.3 Å². The van der Waals surface area contributed by atoms with Crippen molar-refractivity contribution in [3.63, 3.8) is 0 Å². The van der Waals surface area contributed by atoms with Gasteiger partial charge in [-0.25, -0.2) is 8.42 Å². The highest BCUT2D eigenvalue weighted by atomic mass is 32.2. The van der Waals surface area contributed by atoms with Crippen LogP contribution >= 0.6 is 0 Å². The molecule has 1 aliphatic rings. The second-order valence-electron chi connectivity index (χ2n) is 5.74. The molecule has 1 aromatic rings. The number of carbonyl (C=O) groups is 2. The van der Waals surface area contributed by atoms with Crippen molar-refractivity contribution >= 4 is 21.7 Å². The van der Waals surface area contributed by atoms with E-state index in [1.54, 1.807) is 24.3 Å². The topological polar surface area (TPSA) is 111 Å². The van der Waals surface area contributed by atoms with Gasteiger partial charge in [0.05, 0.1) is 24.0 Å². The van der Waals surface area contributed by atoms with Gasteiger partial charge in [0.1, 0.15) is 11.5 Å². The van der Waals surface area contributed by atoms with Crippen molar-refractivity contribution in [1.82, 2.24) is 10.9 Å². The Morgan fingerprint density at radius 2 is 1.84 bits per heavy atom. The molecule has 1 heterocycles. The van der Waals surface area contributed by atoms with Crippen LogP contribution in [-0.4, -0.2) is 44.4 Å². The third-order valence-electron chi connectivity index (χ3n) is 3.73. The van der Waals surface area contributed by atoms with E-state index < -0.39 is 33.7 Å². The summed E-state index contributed by atoms with van der Waals surface area (Å²) in [5.74, 6) is -0.688. The van der Waals surface area contributed by atoms with Crippen molar-refractivity contribution in [2.75, 3.05) is 18.1 Å². The largest absolute Gasteiger partial charge is 0.494 e. The predicted octanol–water partition coefficient (Wildman–Crippen LogP) is 0.435. The van der Waals surface area contributed by atoms with Gasteiger partial charge in [-0.2, -0.15) is 0 Å². The van der Waals surface area contributed by atoms with Crippen molar-refractivity contribution in [2.24, 2.45) is 5.92 Å². The fourth-order valence-corrected chi connectivity index (χ4v) is 4.11. The summed E-state index contributed by atoms with van der Waals surface area (Å²) < 4.78 is 33.5. The monoisotopic (exact) mass is 370 g/mol. The quantitative estimate of drug-likeness (QED) is 0.703. The molecule has 138 valence electrons. The van der Waals surface area contributed by atoms with E-state index in [0.29, 0.717) is 18.1 Å². The molecule has 0 aliphatic carbocycles. The van der Waals surface area contributed by atoms with E-state index in [1.165, 1.54) is 6.92 Å². The van der Waals surface area contributed by atoms with Gasteiger partial charge in [-0.05, 0) is 44.5 Å². The van der Waals surface area contributed by atoms with Crippen LogP contribution in [0.4, 0.5) is 0 Å². The summed E-state index contributed by atoms with van der Waals surface area (Å²) in [5.41, 5.74) is 4.51. The maximum Gasteiger partial charge on any atom is 0.279 e. The Kier molecular flexibility index (Phi) is 6.24. The Labute approximate surface area is 146 Å². The zero-order valence-corrected chi connectivity index (χ0v) is 15.0. The predicted molar refractivity (Wildman–Crippen MR) is 90.7 cm³/mol. The Morgan fingerprint density at radius 1 is 1.20 bits per heavy atom. The smallest absolute Gasteiger partial charge is 0.279 e. The van der Waals surface area contributed by atoms with Crippen molar-refractivity contribution in [1.29, 1.82) is 0 Å². The van der Waals surface area contributed by atoms with Crippen LogP contribution in [0, 0.1) is 5.92 Å². The second kappa shape index (κ2) is 8.19. The number of ether oxygens (including phenoxy) is 2. The van der Waals surface area contributed by atoms with E-state index in [0.717, 1.165) is 0 Å². The summed E-state index contributed by atoms with van der Waals surface area (Å²) in [5, 5.41) is 0. The number of nitrogens with one attached hydrogen (secondary N) is 2. The lowest BCUT2D eigenvalue weighted by Crippen LogP contribution is -2.49. The van der Waals surface area contributed by atoms with Crippen LogP contribution in [0.2, 0.25) is 0 Å². The number of amides is 2. The van der Waals surface area contributed by atoms with Crippen molar-refractivity contribution < 1.29 is 27.5 Å². The molecule has 25 heavy (non-hydrogen) atoms. The van der Waals surface area contributed by atoms with Gasteiger partial charge in [-0.1, -0.05) is 0 Å². The fourth-order valence-electron chi connectivity index (χ4n) is 2.37. The lowest BCUT2D eigenvalue weighted by atomic mass is 10.1. The Balaban J connectivity index is 1.79. The molecule has 0 radical (unpaired) electrons. The highest BCUT2D eigenvalue weighted by molar-refractivity contribution is 7.91. The molecule has 0 unspecified atom stereocenters. The van der Waals surface area contributed by atoms with Crippen LogP contribution in [0.25, 0.3) is 0 Å². The summed E-state index contributed by atoms with van der Waals surface area (Å²) in [6.45, 7) is 3.98. The zero-order chi connectivity index (χ0) is 18.4. The number of hydrazine groups is 1. The third kappa shape index (κ3) is 5.63. The molecule has 0 saturated carbocycles. The molecule has 2 rings (SSSR count). The maximum atomic E-state index is 12.0. The Bertz CT molecular complexity index is 717. The molecule has 0 spiro atoms. The Hall–Kier alpha value is -2.29. The summed E-state index contributed by atoms with van der Waals surface area (Å²) in [6.07, 6.45) is -0.576. The molecule has 9 heteroatoms. The van der Waals surface area contributed by atoms with Crippen molar-refractivity contribution in [3.8, 4) is 11.5 Å². The average Bonchev–Trinajstić information content (AvgIpc) is 2.94. The van der Waals surface area contributed by atoms with E-state index >= 15 is 0 Å². The molecule has 0 aromatic heterocycles. The van der Waals surface area contributed by atoms with Gasteiger partial charge in [0, 0.05) is 0 Å². The van der Waals surface area contributed by atoms with Gasteiger partial charge in [-0.15, -0.1) is 0 Å². The normalized spacial score (nSPS) is 19.7. The summed E-state index contributed by atoms with van der Waals surface area (Å²) in [6, 6.07) is 6.81. The molecular formula is C16H22N2O6S. The van der Waals surface area contributed by atoms with Gasteiger partial charge in [0.2, 0.25) is 5.91 Å². The summed E-state index contributed by atoms with van der Waals surface area (Å²) >= 11 is 0. The lowest BCUT2D eigenvalue weighted by molar-refractivity contribution is -0.134. The van der Waals surface area contributed by atoms with Crippen LogP contribution in [0.15, 0.2) is 24.3 Å². The van der Waals surface area contributed by atoms with E-state index in [1.807, 2.05) is 6.92 Å². The minimum atomic E-state index is -3.15. The first kappa shape index (κ1) is 19.0. The molecule has 1 aliphatic heterocycles. The molecule has 1 saturated heterocycles. The van der Waals surface area contributed by atoms with Crippen molar-refractivity contribution in [2.45, 2.75) is 26.4 Å². The van der Waals surface area contributed by atoms with Crippen molar-refractivity contribution in [3.05, 3.63) is 24.3 Å². The highest BCUT2D eigenvalue weighted by Crippen LogP contribution is 2.19. The van der Waals surface area contributed by atoms with E-state index in [2.05, 4.69) is 10.9 Å². The van der Waals surface area contributed by atoms with E-state index in [4.69, 9.17) is 9.47 Å². The third-order valence-corrected chi connectivity index (χ3v) is 5.50. The minimum absolute atomic E-state index is 0.00368. The summed E-state index contributed by atoms with van der Waals surface area (Å²) in [7, 11) is -3.15. The first-order chi connectivity index (χ1) is 11.8. The van der Waals surface area contributed by atoms with Crippen LogP contribution in [0.5, 0.6) is 11.5 Å². The molecular weight excluding hydrogens is 348 g/mol. The van der Waals surface area contributed by atoms with E-state index in [-0.39, 0.29) is 17.9 Å². The fraction of sp³-hybridized carbons (Fsp3) is 0.500. The van der Waals surface area contributed by atoms with Gasteiger partial charge >= 0.3 is 0 Å². The Morgan fingerprint density at radius 3 is 2.40 bits per heavy atom. The van der Waals surface area contributed by atoms with Gasteiger partial charge < -0.3 is 9.47 Å². The first-order valence-corrected chi connectivity index (χ1v) is 9.82. The number of hydrogen-bond acceptors (Lipinski definition) is 6. The zero-order valence-electron chi connectivity index (χ0n) is 14.2. The highest BCUT2D eigenvalue weighted by Gasteiger charge is 2.33. The van der Waals surface area contributed by atoms with Gasteiger partial charge in [0.15, 0.2) is 15.9 Å². The number of carbonyl (C=O) groups excluding carboxylic acids is 2. The lowest BCUT2D eigenvalue weighted by Gasteiger charge is -2.16. The number of hydrogen-bond donors (Lipinski definition) is 2. The standard InChI is InChI=1S/C16H22N2O6S/c1-3-23-13-4-6-14(7-5-13)24-11(2)15(19)17-18-16(20)12-8-9-25(21,22)10-12/h4-7,11-12H,3,8-10H2,1-2H3,(H,17,19)(H,18,20)/t11-,12-/m1/s1. The first-order valence-electron chi connectivity index (χ1n) is 8.00. The second-order valence-corrected chi connectivity index (χ2v) is 7.97. The SMILES string of the molecule is CCOc1ccc(O[C@H](C)C(=O)NNC(=O)[C@@H]2CCS(=O)(=O)C2)cc1. The number of benzene rings is 1. The molecule has 1 aromatic carbocycles. The number of sulfone groups is 1. The van der Waals surface area contributed by atoms with Crippen LogP contribution in [0.3, 0.4) is 0 Å². The van der Waals surface area contributed by atoms with E-state index in [9.17, 15) is 18.0 Å². The van der Waals surface area contributed by atoms with Gasteiger partial charge in [0.25, 0.3) is 5.91 Å². The van der Waals surface area contributed by atoms with Gasteiger partial charge in [-0.3, -0.25) is 20.4 Å². The molecule has 0 bridgehead atoms. The molecule has 2 N–H and O–H groups in total. The van der Waals surface area contributed by atoms with Crippen LogP contribution < -0.4 is 20.3 Å². The summed E-state index contributed by atoms with van der Waals surface area (Å²) in [4.78, 5) is 23.8. The average molecular weight is 370 g/mol.